The van der Waals surface area contributed by atoms with Crippen LogP contribution in [0.25, 0.3) is 5.65 Å². The molecular formula is C21H29N7O2. The van der Waals surface area contributed by atoms with Crippen LogP contribution >= 0.6 is 0 Å². The monoisotopic (exact) mass is 411 g/mol. The molecule has 0 saturated carbocycles. The van der Waals surface area contributed by atoms with Crippen LogP contribution < -0.4 is 21.3 Å². The highest BCUT2D eigenvalue weighted by molar-refractivity contribution is 5.59. The van der Waals surface area contributed by atoms with Crippen LogP contribution in [0.1, 0.15) is 56.8 Å². The molecule has 0 bridgehead atoms. The summed E-state index contributed by atoms with van der Waals surface area (Å²) < 4.78 is 9.32. The van der Waals surface area contributed by atoms with Gasteiger partial charge in [0.15, 0.2) is 11.5 Å². The molecule has 1 unspecified atom stereocenters. The maximum absolute atomic E-state index is 12.7. The number of rotatable bonds is 7. The number of fused-ring (bicyclic) bond motifs is 1. The summed E-state index contributed by atoms with van der Waals surface area (Å²) >= 11 is 0. The Hall–Kier alpha value is -2.94. The normalized spacial score (nSPS) is 16.1. The Kier molecular flexibility index (Phi) is 5.98. The van der Waals surface area contributed by atoms with E-state index >= 15 is 0 Å². The molecule has 3 N–H and O–H groups in total. The van der Waals surface area contributed by atoms with Gasteiger partial charge in [-0.25, -0.2) is 9.50 Å². The second-order valence-corrected chi connectivity index (χ2v) is 7.92. The first-order valence-corrected chi connectivity index (χ1v) is 10.6. The largest absolute Gasteiger partial charge is 0.459 e. The molecule has 0 aromatic carbocycles. The Bertz CT molecular complexity index is 1070. The van der Waals surface area contributed by atoms with Gasteiger partial charge in [-0.05, 0) is 50.9 Å². The standard InChI is InChI=1S/C21H29N7O2/c1-3-4-14(2)30-21-25-19(22)20-24-13-17(28(20)26-21)11-15-7-10-27(18(29)12-15)16-5-8-23-9-6-16/h7,10,12-14,16,23H,3-6,8-9,11H2,1-2H3,(H2,22,25,26). The van der Waals surface area contributed by atoms with Gasteiger partial charge >= 0.3 is 6.01 Å². The van der Waals surface area contributed by atoms with Crippen molar-refractivity contribution in [1.82, 2.24) is 29.5 Å². The first-order valence-electron chi connectivity index (χ1n) is 10.6. The third-order valence-corrected chi connectivity index (χ3v) is 5.54. The van der Waals surface area contributed by atoms with E-state index in [9.17, 15) is 4.79 Å². The van der Waals surface area contributed by atoms with Crippen molar-refractivity contribution in [3.8, 4) is 6.01 Å². The van der Waals surface area contributed by atoms with E-state index in [-0.39, 0.29) is 29.5 Å². The van der Waals surface area contributed by atoms with Crippen molar-refractivity contribution in [3.05, 3.63) is 46.1 Å². The molecule has 30 heavy (non-hydrogen) atoms. The second kappa shape index (κ2) is 8.83. The average Bonchev–Trinajstić information content (AvgIpc) is 3.12. The summed E-state index contributed by atoms with van der Waals surface area (Å²) in [6, 6.07) is 4.20. The molecule has 0 aliphatic carbocycles. The summed E-state index contributed by atoms with van der Waals surface area (Å²) in [5.74, 6) is 0.274. The third kappa shape index (κ3) is 4.30. The minimum atomic E-state index is 0.00130. The van der Waals surface area contributed by atoms with Crippen molar-refractivity contribution in [2.75, 3.05) is 18.8 Å². The Morgan fingerprint density at radius 3 is 2.90 bits per heavy atom. The Morgan fingerprint density at radius 1 is 1.37 bits per heavy atom. The van der Waals surface area contributed by atoms with Crippen molar-refractivity contribution < 1.29 is 4.74 Å². The van der Waals surface area contributed by atoms with E-state index in [1.807, 2.05) is 23.8 Å². The average molecular weight is 412 g/mol. The fourth-order valence-electron chi connectivity index (χ4n) is 3.98. The van der Waals surface area contributed by atoms with Crippen molar-refractivity contribution in [3.63, 3.8) is 0 Å². The molecule has 1 atom stereocenters. The first-order chi connectivity index (χ1) is 14.5. The lowest BCUT2D eigenvalue weighted by Gasteiger charge is -2.24. The fourth-order valence-corrected chi connectivity index (χ4v) is 3.98. The fraction of sp³-hybridized carbons (Fsp3) is 0.524. The summed E-state index contributed by atoms with van der Waals surface area (Å²) in [7, 11) is 0. The second-order valence-electron chi connectivity index (χ2n) is 7.92. The van der Waals surface area contributed by atoms with Crippen LogP contribution in [0.15, 0.2) is 29.3 Å². The number of hydrogen-bond acceptors (Lipinski definition) is 7. The lowest BCUT2D eigenvalue weighted by molar-refractivity contribution is 0.189. The molecule has 4 rings (SSSR count). The number of nitrogens with one attached hydrogen (secondary N) is 1. The number of piperidine rings is 1. The van der Waals surface area contributed by atoms with E-state index < -0.39 is 0 Å². The Morgan fingerprint density at radius 2 is 2.17 bits per heavy atom. The molecule has 4 heterocycles. The summed E-state index contributed by atoms with van der Waals surface area (Å²) in [4.78, 5) is 21.3. The molecule has 160 valence electrons. The van der Waals surface area contributed by atoms with Crippen molar-refractivity contribution in [1.29, 1.82) is 0 Å². The first kappa shape index (κ1) is 20.3. The third-order valence-electron chi connectivity index (χ3n) is 5.54. The maximum atomic E-state index is 12.7. The summed E-state index contributed by atoms with van der Waals surface area (Å²) in [6.45, 7) is 5.98. The van der Waals surface area contributed by atoms with Crippen molar-refractivity contribution in [2.24, 2.45) is 0 Å². The van der Waals surface area contributed by atoms with Gasteiger partial charge in [0.05, 0.1) is 18.0 Å². The van der Waals surface area contributed by atoms with E-state index in [1.165, 1.54) is 0 Å². The van der Waals surface area contributed by atoms with Crippen molar-refractivity contribution >= 4 is 11.5 Å². The molecule has 3 aromatic heterocycles. The van der Waals surface area contributed by atoms with Crippen LogP contribution in [0, 0.1) is 0 Å². The molecule has 3 aromatic rings. The van der Waals surface area contributed by atoms with Gasteiger partial charge in [0, 0.05) is 24.7 Å². The number of hydrogen-bond donors (Lipinski definition) is 2. The van der Waals surface area contributed by atoms with Crippen LogP contribution in [-0.2, 0) is 6.42 Å². The molecule has 1 aliphatic rings. The Labute approximate surface area is 175 Å². The minimum Gasteiger partial charge on any atom is -0.459 e. The molecule has 1 aliphatic heterocycles. The predicted molar refractivity (Wildman–Crippen MR) is 115 cm³/mol. The van der Waals surface area contributed by atoms with Gasteiger partial charge < -0.3 is 20.4 Å². The molecule has 9 heteroatoms. The van der Waals surface area contributed by atoms with E-state index in [4.69, 9.17) is 10.5 Å². The highest BCUT2D eigenvalue weighted by Gasteiger charge is 2.17. The number of aromatic nitrogens is 5. The van der Waals surface area contributed by atoms with Gasteiger partial charge in [-0.15, -0.1) is 5.10 Å². The van der Waals surface area contributed by atoms with Crippen LogP contribution in [0.3, 0.4) is 0 Å². The van der Waals surface area contributed by atoms with Crippen LogP contribution in [0.5, 0.6) is 6.01 Å². The molecule has 1 fully saturated rings. The Balaban J connectivity index is 1.58. The van der Waals surface area contributed by atoms with E-state index in [0.717, 1.165) is 50.0 Å². The summed E-state index contributed by atoms with van der Waals surface area (Å²) in [6.07, 6.45) is 8.01. The van der Waals surface area contributed by atoms with Gasteiger partial charge in [0.25, 0.3) is 5.56 Å². The summed E-state index contributed by atoms with van der Waals surface area (Å²) in [5, 5.41) is 7.81. The highest BCUT2D eigenvalue weighted by Crippen LogP contribution is 2.19. The molecule has 0 radical (unpaired) electrons. The number of imidazole rings is 1. The molecule has 9 nitrogen and oxygen atoms in total. The van der Waals surface area contributed by atoms with Crippen molar-refractivity contribution in [2.45, 2.75) is 58.1 Å². The van der Waals surface area contributed by atoms with E-state index in [1.54, 1.807) is 16.8 Å². The van der Waals surface area contributed by atoms with E-state index in [0.29, 0.717) is 12.1 Å². The molecule has 1 saturated heterocycles. The minimum absolute atomic E-state index is 0.00130. The highest BCUT2D eigenvalue weighted by atomic mass is 16.5. The predicted octanol–water partition coefficient (Wildman–Crippen LogP) is 1.95. The topological polar surface area (TPSA) is 112 Å². The number of ether oxygens (including phenoxy) is 1. The van der Waals surface area contributed by atoms with Crippen LogP contribution in [-0.4, -0.2) is 43.3 Å². The molecular weight excluding hydrogens is 382 g/mol. The zero-order chi connectivity index (χ0) is 21.1. The van der Waals surface area contributed by atoms with Gasteiger partial charge in [0.1, 0.15) is 0 Å². The van der Waals surface area contributed by atoms with Crippen LogP contribution in [0.4, 0.5) is 5.82 Å². The zero-order valence-electron chi connectivity index (χ0n) is 17.5. The van der Waals surface area contributed by atoms with Crippen LogP contribution in [0.2, 0.25) is 0 Å². The quantitative estimate of drug-likeness (QED) is 0.611. The lowest BCUT2D eigenvalue weighted by Crippen LogP contribution is -2.33. The number of pyridine rings is 1. The number of nitrogens with two attached hydrogens (primary N) is 1. The molecule has 0 amide bonds. The lowest BCUT2D eigenvalue weighted by atomic mass is 10.1. The van der Waals surface area contributed by atoms with Gasteiger partial charge in [-0.3, -0.25) is 4.79 Å². The summed E-state index contributed by atoms with van der Waals surface area (Å²) in [5.41, 5.74) is 8.32. The van der Waals surface area contributed by atoms with Gasteiger partial charge in [-0.1, -0.05) is 13.3 Å². The van der Waals surface area contributed by atoms with Gasteiger partial charge in [0.2, 0.25) is 0 Å². The molecule has 0 spiro atoms. The number of nitrogens with zero attached hydrogens (tertiary/aromatic N) is 5. The smallest absolute Gasteiger partial charge is 0.336 e. The van der Waals surface area contributed by atoms with Gasteiger partial charge in [-0.2, -0.15) is 4.98 Å². The van der Waals surface area contributed by atoms with E-state index in [2.05, 4.69) is 27.3 Å². The zero-order valence-corrected chi connectivity index (χ0v) is 17.5. The number of anilines is 1. The number of nitrogen functional groups attached to an aromatic ring is 1. The maximum Gasteiger partial charge on any atom is 0.336 e. The SMILES string of the molecule is CCCC(C)Oc1nc(N)c2ncc(Cc3ccn(C4CCNCC4)c(=O)c3)n2n1.